The highest BCUT2D eigenvalue weighted by atomic mass is 16.6. The standard InChI is InChI=1S/C64H112O6/c1-4-7-10-13-16-19-22-25-28-30-32-34-36-39-42-45-48-51-54-57-63(66)69-60-61(59-68-62(65)56-53-50-47-44-41-38-35-27-24-21-18-15-12-9-6-3)70-64(67)58-55-52-49-46-43-40-37-33-31-29-26-23-20-17-14-11-8-5-2/h9,12,16,18-19,21,25,27-29,31,35,61H,4-8,10-11,13-15,17,20,22-24,26,30,32-34,36-60H2,1-3H3/b12-9-,19-16-,21-18-,28-25-,31-29-,35-27-. The Morgan fingerprint density at radius 3 is 0.914 bits per heavy atom. The van der Waals surface area contributed by atoms with Crippen LogP contribution in [0.15, 0.2) is 72.9 Å². The molecule has 0 aliphatic rings. The van der Waals surface area contributed by atoms with Crippen LogP contribution in [0.1, 0.15) is 297 Å². The van der Waals surface area contributed by atoms with Crippen LogP contribution in [-0.4, -0.2) is 37.2 Å². The minimum atomic E-state index is -0.787. The molecule has 0 aliphatic heterocycles. The number of hydrogen-bond donors (Lipinski definition) is 0. The van der Waals surface area contributed by atoms with Gasteiger partial charge in [-0.15, -0.1) is 0 Å². The third-order valence-electron chi connectivity index (χ3n) is 12.9. The lowest BCUT2D eigenvalue weighted by Gasteiger charge is -2.18. The summed E-state index contributed by atoms with van der Waals surface area (Å²) in [4.78, 5) is 38.2. The Hall–Kier alpha value is -3.15. The number of unbranched alkanes of at least 4 members (excludes halogenated alkanes) is 31. The van der Waals surface area contributed by atoms with Crippen molar-refractivity contribution >= 4 is 17.9 Å². The lowest BCUT2D eigenvalue weighted by atomic mass is 10.1. The van der Waals surface area contributed by atoms with Gasteiger partial charge in [0, 0.05) is 19.3 Å². The van der Waals surface area contributed by atoms with E-state index in [0.717, 1.165) is 103 Å². The number of rotatable bonds is 54. The first kappa shape index (κ1) is 66.9. The molecular formula is C64H112O6. The third kappa shape index (κ3) is 55.8. The summed E-state index contributed by atoms with van der Waals surface area (Å²) in [5.41, 5.74) is 0. The first-order chi connectivity index (χ1) is 34.5. The van der Waals surface area contributed by atoms with Gasteiger partial charge < -0.3 is 14.2 Å². The van der Waals surface area contributed by atoms with E-state index in [9.17, 15) is 14.4 Å². The highest BCUT2D eigenvalue weighted by Crippen LogP contribution is 2.15. The van der Waals surface area contributed by atoms with Crippen LogP contribution in [0.5, 0.6) is 0 Å². The van der Waals surface area contributed by atoms with Gasteiger partial charge >= 0.3 is 17.9 Å². The van der Waals surface area contributed by atoms with Gasteiger partial charge in [-0.1, -0.05) is 241 Å². The summed E-state index contributed by atoms with van der Waals surface area (Å²) in [7, 11) is 0. The van der Waals surface area contributed by atoms with Crippen molar-refractivity contribution in [1.82, 2.24) is 0 Å². The van der Waals surface area contributed by atoms with Crippen LogP contribution >= 0.6 is 0 Å². The number of esters is 3. The average molecular weight is 978 g/mol. The van der Waals surface area contributed by atoms with E-state index >= 15 is 0 Å². The van der Waals surface area contributed by atoms with Gasteiger partial charge in [0.15, 0.2) is 6.10 Å². The second-order valence-electron chi connectivity index (χ2n) is 19.9. The number of allylic oxidation sites excluding steroid dienone is 12. The van der Waals surface area contributed by atoms with Crippen molar-refractivity contribution in [3.05, 3.63) is 72.9 Å². The Kier molecular flexibility index (Phi) is 55.8. The van der Waals surface area contributed by atoms with Crippen molar-refractivity contribution in [3.8, 4) is 0 Å². The maximum absolute atomic E-state index is 12.9. The normalized spacial score (nSPS) is 12.6. The Labute approximate surface area is 433 Å². The lowest BCUT2D eigenvalue weighted by molar-refractivity contribution is -0.167. The summed E-state index contributed by atoms with van der Waals surface area (Å²) >= 11 is 0. The summed E-state index contributed by atoms with van der Waals surface area (Å²) < 4.78 is 16.9. The largest absolute Gasteiger partial charge is 0.462 e. The van der Waals surface area contributed by atoms with Gasteiger partial charge in [0.2, 0.25) is 0 Å². The zero-order valence-electron chi connectivity index (χ0n) is 46.3. The molecule has 70 heavy (non-hydrogen) atoms. The molecule has 0 bridgehead atoms. The monoisotopic (exact) mass is 977 g/mol. The molecule has 0 N–H and O–H groups in total. The molecule has 0 spiro atoms. The minimum absolute atomic E-state index is 0.0842. The van der Waals surface area contributed by atoms with E-state index < -0.39 is 6.10 Å². The zero-order chi connectivity index (χ0) is 50.7. The fourth-order valence-corrected chi connectivity index (χ4v) is 8.42. The predicted octanol–water partition coefficient (Wildman–Crippen LogP) is 20.2. The summed E-state index contributed by atoms with van der Waals surface area (Å²) in [5, 5.41) is 0. The number of carbonyl (C=O) groups excluding carboxylic acids is 3. The first-order valence-corrected chi connectivity index (χ1v) is 29.9. The van der Waals surface area contributed by atoms with E-state index in [1.165, 1.54) is 154 Å². The molecule has 0 aromatic rings. The second kappa shape index (κ2) is 58.4. The fraction of sp³-hybridized carbons (Fsp3) is 0.766. The molecule has 0 fully saturated rings. The van der Waals surface area contributed by atoms with Crippen molar-refractivity contribution in [2.75, 3.05) is 13.2 Å². The molecule has 0 saturated heterocycles. The molecule has 404 valence electrons. The smallest absolute Gasteiger partial charge is 0.306 e. The molecule has 0 rings (SSSR count). The minimum Gasteiger partial charge on any atom is -0.462 e. The summed E-state index contributed by atoms with van der Waals surface area (Å²) in [6, 6.07) is 0. The second-order valence-corrected chi connectivity index (χ2v) is 19.9. The van der Waals surface area contributed by atoms with Gasteiger partial charge in [0.25, 0.3) is 0 Å². The van der Waals surface area contributed by atoms with E-state index in [4.69, 9.17) is 14.2 Å². The van der Waals surface area contributed by atoms with Crippen LogP contribution < -0.4 is 0 Å². The summed E-state index contributed by atoms with van der Waals surface area (Å²) in [6.07, 6.45) is 74.6. The van der Waals surface area contributed by atoms with Gasteiger partial charge in [0.05, 0.1) is 0 Å². The van der Waals surface area contributed by atoms with Crippen molar-refractivity contribution in [2.45, 2.75) is 303 Å². The summed E-state index contributed by atoms with van der Waals surface area (Å²) in [5.74, 6) is -0.899. The Morgan fingerprint density at radius 2 is 0.557 bits per heavy atom. The van der Waals surface area contributed by atoms with Crippen molar-refractivity contribution in [2.24, 2.45) is 0 Å². The Morgan fingerprint density at radius 1 is 0.300 bits per heavy atom. The van der Waals surface area contributed by atoms with E-state index in [0.29, 0.717) is 19.3 Å². The molecule has 0 aromatic heterocycles. The maximum atomic E-state index is 12.9. The van der Waals surface area contributed by atoms with E-state index in [2.05, 4.69) is 93.7 Å². The summed E-state index contributed by atoms with van der Waals surface area (Å²) in [6.45, 7) is 6.51. The van der Waals surface area contributed by atoms with Crippen LogP contribution in [-0.2, 0) is 28.6 Å². The molecule has 0 amide bonds. The van der Waals surface area contributed by atoms with Crippen LogP contribution in [0.2, 0.25) is 0 Å². The van der Waals surface area contributed by atoms with Crippen LogP contribution in [0.25, 0.3) is 0 Å². The fourth-order valence-electron chi connectivity index (χ4n) is 8.42. The number of hydrogen-bond acceptors (Lipinski definition) is 6. The maximum Gasteiger partial charge on any atom is 0.306 e. The van der Waals surface area contributed by atoms with Gasteiger partial charge in [-0.05, 0) is 109 Å². The topological polar surface area (TPSA) is 78.9 Å². The van der Waals surface area contributed by atoms with Crippen molar-refractivity contribution in [1.29, 1.82) is 0 Å². The van der Waals surface area contributed by atoms with Gasteiger partial charge in [-0.3, -0.25) is 14.4 Å². The van der Waals surface area contributed by atoms with Gasteiger partial charge in [0.1, 0.15) is 13.2 Å². The van der Waals surface area contributed by atoms with Crippen LogP contribution in [0, 0.1) is 0 Å². The number of ether oxygens (including phenoxy) is 3. The molecular weight excluding hydrogens is 865 g/mol. The molecule has 1 atom stereocenters. The van der Waals surface area contributed by atoms with Gasteiger partial charge in [-0.2, -0.15) is 0 Å². The highest BCUT2D eigenvalue weighted by molar-refractivity contribution is 5.71. The van der Waals surface area contributed by atoms with Crippen LogP contribution in [0.3, 0.4) is 0 Å². The quantitative estimate of drug-likeness (QED) is 0.0261. The predicted molar refractivity (Wildman–Crippen MR) is 302 cm³/mol. The Balaban J connectivity index is 4.39. The number of carbonyl (C=O) groups is 3. The molecule has 0 radical (unpaired) electrons. The molecule has 6 heteroatoms. The van der Waals surface area contributed by atoms with Crippen molar-refractivity contribution < 1.29 is 28.6 Å². The molecule has 6 nitrogen and oxygen atoms in total. The average Bonchev–Trinajstić information content (AvgIpc) is 3.36. The zero-order valence-corrected chi connectivity index (χ0v) is 46.3. The molecule has 0 saturated carbocycles. The first-order valence-electron chi connectivity index (χ1n) is 29.9. The van der Waals surface area contributed by atoms with E-state index in [1.54, 1.807) is 0 Å². The molecule has 0 heterocycles. The molecule has 0 aliphatic carbocycles. The Bertz CT molecular complexity index is 1310. The van der Waals surface area contributed by atoms with Gasteiger partial charge in [-0.25, -0.2) is 0 Å². The lowest BCUT2D eigenvalue weighted by Crippen LogP contribution is -2.30. The van der Waals surface area contributed by atoms with E-state index in [1.807, 2.05) is 0 Å². The van der Waals surface area contributed by atoms with Crippen LogP contribution in [0.4, 0.5) is 0 Å². The van der Waals surface area contributed by atoms with E-state index in [-0.39, 0.29) is 31.1 Å². The molecule has 0 aromatic carbocycles. The SMILES string of the molecule is CC/C=C\C/C=C\C/C=C\CCCCCCCC(=O)OCC(COC(=O)CCCCCCCCCCC/C=C\C/C=C\CCCCC)OC(=O)CCCCCCCCC/C=C\CCCCCCCCC. The third-order valence-corrected chi connectivity index (χ3v) is 12.9. The molecule has 1 unspecified atom stereocenters. The van der Waals surface area contributed by atoms with Crippen molar-refractivity contribution in [3.63, 3.8) is 0 Å². The highest BCUT2D eigenvalue weighted by Gasteiger charge is 2.19.